The maximum absolute atomic E-state index is 5.97. The Kier molecular flexibility index (Phi) is 5.80. The van der Waals surface area contributed by atoms with Crippen LogP contribution in [0.5, 0.6) is 0 Å². The second-order valence-electron chi connectivity index (χ2n) is 6.55. The van der Waals surface area contributed by atoms with Crippen LogP contribution in [0.15, 0.2) is 42.5 Å². The van der Waals surface area contributed by atoms with E-state index in [1.165, 1.54) is 22.4 Å². The molecule has 1 aliphatic heterocycles. The minimum absolute atomic E-state index is 0.811. The second kappa shape index (κ2) is 8.04. The fourth-order valence-electron chi connectivity index (χ4n) is 3.50. The van der Waals surface area contributed by atoms with Crippen molar-refractivity contribution in [2.45, 2.75) is 33.2 Å². The number of rotatable bonds is 5. The summed E-state index contributed by atoms with van der Waals surface area (Å²) >= 11 is 5.97. The molecule has 0 unspecified atom stereocenters. The average Bonchev–Trinajstić information content (AvgIpc) is 2.63. The van der Waals surface area contributed by atoms with Crippen LogP contribution in [-0.2, 0) is 19.4 Å². The lowest BCUT2D eigenvalue weighted by Crippen LogP contribution is -2.46. The van der Waals surface area contributed by atoms with E-state index >= 15 is 0 Å². The molecule has 0 atom stereocenters. The summed E-state index contributed by atoms with van der Waals surface area (Å²) in [5.74, 6) is 0. The molecule has 24 heavy (non-hydrogen) atoms. The predicted octanol–water partition coefficient (Wildman–Crippen LogP) is 4.79. The van der Waals surface area contributed by atoms with Gasteiger partial charge >= 0.3 is 0 Å². The van der Waals surface area contributed by atoms with Crippen molar-refractivity contribution in [1.29, 1.82) is 0 Å². The highest BCUT2D eigenvalue weighted by Gasteiger charge is 2.18. The third-order valence-corrected chi connectivity index (χ3v) is 5.26. The van der Waals surface area contributed by atoms with Crippen molar-refractivity contribution in [2.24, 2.45) is 0 Å². The third-order valence-electron chi connectivity index (χ3n) is 5.01. The van der Waals surface area contributed by atoms with E-state index in [1.807, 2.05) is 12.1 Å². The number of piperazine rings is 1. The van der Waals surface area contributed by atoms with E-state index in [1.54, 1.807) is 0 Å². The van der Waals surface area contributed by atoms with E-state index in [0.717, 1.165) is 50.6 Å². The quantitative estimate of drug-likeness (QED) is 0.771. The number of nitrogens with zero attached hydrogens (tertiary/aromatic N) is 2. The van der Waals surface area contributed by atoms with Crippen molar-refractivity contribution in [3.8, 4) is 0 Å². The number of benzene rings is 2. The van der Waals surface area contributed by atoms with Gasteiger partial charge in [-0.25, -0.2) is 0 Å². The molecule has 1 saturated heterocycles. The molecule has 2 aromatic rings. The van der Waals surface area contributed by atoms with Gasteiger partial charge < -0.3 is 4.90 Å². The van der Waals surface area contributed by atoms with Crippen molar-refractivity contribution >= 4 is 17.3 Å². The lowest BCUT2D eigenvalue weighted by atomic mass is 10.0. The van der Waals surface area contributed by atoms with Gasteiger partial charge in [-0.1, -0.05) is 43.6 Å². The van der Waals surface area contributed by atoms with E-state index in [4.69, 9.17) is 11.6 Å². The molecule has 2 nitrogen and oxygen atoms in total. The molecular formula is C21H27ClN2. The van der Waals surface area contributed by atoms with Gasteiger partial charge in [0.15, 0.2) is 0 Å². The first-order valence-corrected chi connectivity index (χ1v) is 9.41. The molecule has 0 saturated carbocycles. The number of anilines is 1. The first-order valence-electron chi connectivity index (χ1n) is 9.03. The minimum atomic E-state index is 0.811. The highest BCUT2D eigenvalue weighted by Crippen LogP contribution is 2.22. The first kappa shape index (κ1) is 17.3. The van der Waals surface area contributed by atoms with Gasteiger partial charge in [0.2, 0.25) is 0 Å². The normalized spacial score (nSPS) is 15.7. The van der Waals surface area contributed by atoms with Crippen LogP contribution in [0, 0.1) is 0 Å². The van der Waals surface area contributed by atoms with Crippen molar-refractivity contribution in [3.63, 3.8) is 0 Å². The van der Waals surface area contributed by atoms with Crippen molar-refractivity contribution < 1.29 is 0 Å². The Bertz CT molecular complexity index is 658. The number of hydrogen-bond acceptors (Lipinski definition) is 2. The van der Waals surface area contributed by atoms with Gasteiger partial charge in [0, 0.05) is 43.4 Å². The lowest BCUT2D eigenvalue weighted by Gasteiger charge is -2.36. The molecule has 0 amide bonds. The highest BCUT2D eigenvalue weighted by atomic mass is 35.5. The van der Waals surface area contributed by atoms with Crippen LogP contribution in [0.3, 0.4) is 0 Å². The van der Waals surface area contributed by atoms with E-state index in [9.17, 15) is 0 Å². The Labute approximate surface area is 151 Å². The largest absolute Gasteiger partial charge is 0.369 e. The van der Waals surface area contributed by atoms with Crippen LogP contribution in [0.2, 0.25) is 5.02 Å². The molecule has 0 aliphatic carbocycles. The van der Waals surface area contributed by atoms with Crippen LogP contribution in [-0.4, -0.2) is 31.1 Å². The molecule has 3 heteroatoms. The molecule has 1 fully saturated rings. The molecule has 2 aromatic carbocycles. The molecule has 1 heterocycles. The average molecular weight is 343 g/mol. The summed E-state index contributed by atoms with van der Waals surface area (Å²) in [6, 6.07) is 15.2. The fourth-order valence-corrected chi connectivity index (χ4v) is 3.62. The van der Waals surface area contributed by atoms with Gasteiger partial charge in [0.1, 0.15) is 0 Å². The zero-order valence-corrected chi connectivity index (χ0v) is 15.5. The number of hydrogen-bond donors (Lipinski definition) is 0. The van der Waals surface area contributed by atoms with Crippen LogP contribution >= 0.6 is 11.6 Å². The predicted molar refractivity (Wildman–Crippen MR) is 104 cm³/mol. The van der Waals surface area contributed by atoms with Crippen LogP contribution in [0.1, 0.15) is 30.5 Å². The Morgan fingerprint density at radius 1 is 0.833 bits per heavy atom. The van der Waals surface area contributed by atoms with Crippen molar-refractivity contribution in [3.05, 3.63) is 64.2 Å². The summed E-state index contributed by atoms with van der Waals surface area (Å²) in [7, 11) is 0. The van der Waals surface area contributed by atoms with E-state index in [2.05, 4.69) is 54.0 Å². The van der Waals surface area contributed by atoms with Crippen molar-refractivity contribution in [1.82, 2.24) is 4.90 Å². The number of halogens is 1. The lowest BCUT2D eigenvalue weighted by molar-refractivity contribution is 0.250. The second-order valence-corrected chi connectivity index (χ2v) is 6.99. The summed E-state index contributed by atoms with van der Waals surface area (Å²) in [4.78, 5) is 5.05. The molecule has 0 bridgehead atoms. The molecule has 0 aromatic heterocycles. The summed E-state index contributed by atoms with van der Waals surface area (Å²) in [5, 5.41) is 0.811. The minimum Gasteiger partial charge on any atom is -0.369 e. The Morgan fingerprint density at radius 2 is 1.50 bits per heavy atom. The standard InChI is InChI=1S/C21H27ClN2/c1-3-18-7-10-21(15-19(18)4-2)24-13-11-23(12-14-24)16-17-5-8-20(22)9-6-17/h5-10,15H,3-4,11-14,16H2,1-2H3. The van der Waals surface area contributed by atoms with E-state index in [0.29, 0.717) is 0 Å². The molecular weight excluding hydrogens is 316 g/mol. The SMILES string of the molecule is CCc1ccc(N2CCN(Cc3ccc(Cl)cc3)CC2)cc1CC. The van der Waals surface area contributed by atoms with Crippen LogP contribution < -0.4 is 4.90 Å². The van der Waals surface area contributed by atoms with E-state index in [-0.39, 0.29) is 0 Å². The zero-order valence-electron chi connectivity index (χ0n) is 14.8. The van der Waals surface area contributed by atoms with Crippen molar-refractivity contribution in [2.75, 3.05) is 31.1 Å². The summed E-state index contributed by atoms with van der Waals surface area (Å²) < 4.78 is 0. The maximum atomic E-state index is 5.97. The maximum Gasteiger partial charge on any atom is 0.0406 e. The van der Waals surface area contributed by atoms with Crippen LogP contribution in [0.25, 0.3) is 0 Å². The van der Waals surface area contributed by atoms with Gasteiger partial charge in [-0.3, -0.25) is 4.90 Å². The Hall–Kier alpha value is -1.51. The smallest absolute Gasteiger partial charge is 0.0406 e. The topological polar surface area (TPSA) is 6.48 Å². The molecule has 1 aliphatic rings. The monoisotopic (exact) mass is 342 g/mol. The summed E-state index contributed by atoms with van der Waals surface area (Å²) in [6.45, 7) is 9.93. The molecule has 0 spiro atoms. The number of aryl methyl sites for hydroxylation is 2. The van der Waals surface area contributed by atoms with Gasteiger partial charge in [-0.15, -0.1) is 0 Å². The fraction of sp³-hybridized carbons (Fsp3) is 0.429. The first-order chi connectivity index (χ1) is 11.7. The highest BCUT2D eigenvalue weighted by molar-refractivity contribution is 6.30. The van der Waals surface area contributed by atoms with E-state index < -0.39 is 0 Å². The van der Waals surface area contributed by atoms with Gasteiger partial charge in [-0.2, -0.15) is 0 Å². The molecule has 0 radical (unpaired) electrons. The Balaban J connectivity index is 1.59. The van der Waals surface area contributed by atoms with Gasteiger partial charge in [0.25, 0.3) is 0 Å². The summed E-state index contributed by atoms with van der Waals surface area (Å²) in [5.41, 5.74) is 5.71. The zero-order chi connectivity index (χ0) is 16.9. The van der Waals surface area contributed by atoms with Gasteiger partial charge in [0.05, 0.1) is 0 Å². The summed E-state index contributed by atoms with van der Waals surface area (Å²) in [6.07, 6.45) is 2.24. The molecule has 0 N–H and O–H groups in total. The third kappa shape index (κ3) is 4.12. The van der Waals surface area contributed by atoms with Crippen LogP contribution in [0.4, 0.5) is 5.69 Å². The molecule has 128 valence electrons. The Morgan fingerprint density at radius 3 is 2.12 bits per heavy atom. The molecule has 3 rings (SSSR count). The van der Waals surface area contributed by atoms with Gasteiger partial charge in [-0.05, 0) is 53.8 Å².